The van der Waals surface area contributed by atoms with Crippen molar-refractivity contribution in [2.75, 3.05) is 27.9 Å². The summed E-state index contributed by atoms with van der Waals surface area (Å²) in [4.78, 5) is 26.7. The van der Waals surface area contributed by atoms with E-state index in [1.165, 1.54) is 43.7 Å². The normalized spacial score (nSPS) is 15.2. The van der Waals surface area contributed by atoms with Crippen molar-refractivity contribution in [2.24, 2.45) is 5.10 Å². The molecule has 0 saturated carbocycles. The second-order valence-electron chi connectivity index (χ2n) is 6.96. The minimum absolute atomic E-state index is 0.106. The van der Waals surface area contributed by atoms with Crippen LogP contribution in [0.4, 0.5) is 0 Å². The molecule has 0 spiro atoms. The van der Waals surface area contributed by atoms with Crippen LogP contribution >= 0.6 is 11.3 Å². The lowest BCUT2D eigenvalue weighted by atomic mass is 10.1. The molecule has 0 fully saturated rings. The van der Waals surface area contributed by atoms with Crippen molar-refractivity contribution in [2.45, 2.75) is 12.5 Å². The first-order valence-electron chi connectivity index (χ1n) is 10.00. The van der Waals surface area contributed by atoms with Gasteiger partial charge >= 0.3 is 5.97 Å². The third-order valence-corrected chi connectivity index (χ3v) is 6.01. The quantitative estimate of drug-likeness (QED) is 0.460. The van der Waals surface area contributed by atoms with E-state index in [2.05, 4.69) is 5.10 Å². The third-order valence-electron chi connectivity index (χ3n) is 5.09. The molecule has 10 heteroatoms. The summed E-state index contributed by atoms with van der Waals surface area (Å²) >= 11 is 1.54. The predicted molar refractivity (Wildman–Crippen MR) is 120 cm³/mol. The number of nitrogens with zero attached hydrogens (tertiary/aromatic N) is 2. The highest BCUT2D eigenvalue weighted by molar-refractivity contribution is 7.12. The van der Waals surface area contributed by atoms with E-state index in [0.29, 0.717) is 17.9 Å². The van der Waals surface area contributed by atoms with Crippen LogP contribution in [-0.2, 0) is 9.53 Å². The van der Waals surface area contributed by atoms with E-state index in [0.717, 1.165) is 10.6 Å². The van der Waals surface area contributed by atoms with Gasteiger partial charge in [-0.15, -0.1) is 11.3 Å². The summed E-state index contributed by atoms with van der Waals surface area (Å²) in [6, 6.07) is 10.0. The van der Waals surface area contributed by atoms with Gasteiger partial charge in [0.2, 0.25) is 5.75 Å². The molecule has 0 aliphatic carbocycles. The molecule has 1 aliphatic heterocycles. The Hall–Kier alpha value is -3.79. The number of hydrogen-bond donors (Lipinski definition) is 0. The summed E-state index contributed by atoms with van der Waals surface area (Å²) in [5.74, 6) is 0.195. The first-order chi connectivity index (χ1) is 16.1. The highest BCUT2D eigenvalue weighted by Crippen LogP contribution is 2.40. The Morgan fingerprint density at radius 1 is 1.09 bits per heavy atom. The maximum atomic E-state index is 13.0. The number of hydrazone groups is 1. The molecule has 1 aliphatic rings. The molecule has 0 bridgehead atoms. The number of carbonyl (C=O) groups excluding carboxylic acids is 2. The topological polar surface area (TPSA) is 99.8 Å². The van der Waals surface area contributed by atoms with Gasteiger partial charge in [0.05, 0.1) is 38.2 Å². The molecule has 0 N–H and O–H groups in total. The maximum absolute atomic E-state index is 13.0. The van der Waals surface area contributed by atoms with E-state index in [4.69, 9.17) is 23.4 Å². The molecular weight excluding hydrogens is 448 g/mol. The fraction of sp³-hybridized carbons (Fsp3) is 0.261. The molecule has 1 unspecified atom stereocenters. The van der Waals surface area contributed by atoms with Crippen LogP contribution in [0.1, 0.15) is 33.5 Å². The van der Waals surface area contributed by atoms with Crippen molar-refractivity contribution in [1.82, 2.24) is 5.01 Å². The zero-order chi connectivity index (χ0) is 23.4. The average Bonchev–Trinajstić information content (AvgIpc) is 3.61. The van der Waals surface area contributed by atoms with Gasteiger partial charge in [-0.2, -0.15) is 5.10 Å². The van der Waals surface area contributed by atoms with Gasteiger partial charge in [0.1, 0.15) is 17.4 Å². The van der Waals surface area contributed by atoms with Gasteiger partial charge in [-0.3, -0.25) is 4.79 Å². The first-order valence-corrected chi connectivity index (χ1v) is 10.9. The van der Waals surface area contributed by atoms with Crippen molar-refractivity contribution in [3.8, 4) is 17.2 Å². The molecule has 0 radical (unpaired) electrons. The summed E-state index contributed by atoms with van der Waals surface area (Å²) in [7, 11) is 4.31. The molecule has 172 valence electrons. The largest absolute Gasteiger partial charge is 0.493 e. The Balaban J connectivity index is 1.52. The molecule has 9 nitrogen and oxygen atoms in total. The fourth-order valence-electron chi connectivity index (χ4n) is 3.57. The molecule has 1 atom stereocenters. The lowest BCUT2D eigenvalue weighted by Crippen LogP contribution is -2.31. The van der Waals surface area contributed by atoms with E-state index in [-0.39, 0.29) is 17.1 Å². The predicted octanol–water partition coefficient (Wildman–Crippen LogP) is 3.90. The second-order valence-corrected chi connectivity index (χ2v) is 7.90. The Labute approximate surface area is 194 Å². The zero-order valence-corrected chi connectivity index (χ0v) is 19.1. The van der Waals surface area contributed by atoms with E-state index < -0.39 is 24.5 Å². The monoisotopic (exact) mass is 470 g/mol. The van der Waals surface area contributed by atoms with Gasteiger partial charge in [0.25, 0.3) is 5.91 Å². The number of carbonyl (C=O) groups is 2. The smallest absolute Gasteiger partial charge is 0.342 e. The van der Waals surface area contributed by atoms with Gasteiger partial charge in [-0.05, 0) is 35.7 Å². The van der Waals surface area contributed by atoms with Crippen LogP contribution in [0.25, 0.3) is 0 Å². The van der Waals surface area contributed by atoms with Crippen molar-refractivity contribution < 1.29 is 33.0 Å². The summed E-state index contributed by atoms with van der Waals surface area (Å²) < 4.78 is 26.7. The van der Waals surface area contributed by atoms with Crippen LogP contribution in [0.3, 0.4) is 0 Å². The molecule has 3 heterocycles. The molecule has 1 aromatic carbocycles. The SMILES string of the molecule is COc1ccc(C(=O)OCC(=O)N2N=C(c3cccs3)CC2c2ccco2)c(OC)c1OC. The number of ether oxygens (including phenoxy) is 4. The molecular formula is C23H22N2O7S. The molecule has 2 aromatic heterocycles. The van der Waals surface area contributed by atoms with Crippen molar-refractivity contribution in [1.29, 1.82) is 0 Å². The van der Waals surface area contributed by atoms with Crippen molar-refractivity contribution >= 4 is 28.9 Å². The van der Waals surface area contributed by atoms with Crippen LogP contribution in [0.5, 0.6) is 17.2 Å². The van der Waals surface area contributed by atoms with E-state index in [9.17, 15) is 9.59 Å². The van der Waals surface area contributed by atoms with Crippen LogP contribution < -0.4 is 14.2 Å². The first kappa shape index (κ1) is 22.4. The summed E-state index contributed by atoms with van der Waals surface area (Å²) in [5.41, 5.74) is 0.877. The molecule has 4 rings (SSSR count). The van der Waals surface area contributed by atoms with E-state index in [1.807, 2.05) is 17.5 Å². The summed E-state index contributed by atoms with van der Waals surface area (Å²) in [6.45, 7) is -0.505. The fourth-order valence-corrected chi connectivity index (χ4v) is 4.29. The standard InChI is InChI=1S/C23H22N2O7S/c1-28-18-9-8-14(21(29-2)22(18)30-3)23(27)32-13-20(26)25-16(17-6-4-10-31-17)12-15(24-25)19-7-5-11-33-19/h4-11,16H,12-13H2,1-3H3. The Morgan fingerprint density at radius 2 is 1.91 bits per heavy atom. The number of benzene rings is 1. The maximum Gasteiger partial charge on any atom is 0.342 e. The number of methoxy groups -OCH3 is 3. The highest BCUT2D eigenvalue weighted by Gasteiger charge is 2.35. The van der Waals surface area contributed by atoms with Crippen molar-refractivity contribution in [3.63, 3.8) is 0 Å². The molecule has 33 heavy (non-hydrogen) atoms. The van der Waals surface area contributed by atoms with Crippen LogP contribution in [0, 0.1) is 0 Å². The van der Waals surface area contributed by atoms with Crippen molar-refractivity contribution in [3.05, 3.63) is 64.2 Å². The lowest BCUT2D eigenvalue weighted by Gasteiger charge is -2.20. The average molecular weight is 471 g/mol. The van der Waals surface area contributed by atoms with Gasteiger partial charge in [0, 0.05) is 6.42 Å². The number of thiophene rings is 1. The van der Waals surface area contributed by atoms with E-state index >= 15 is 0 Å². The zero-order valence-electron chi connectivity index (χ0n) is 18.3. The van der Waals surface area contributed by atoms with E-state index in [1.54, 1.807) is 24.5 Å². The lowest BCUT2D eigenvalue weighted by molar-refractivity contribution is -0.136. The Morgan fingerprint density at radius 3 is 2.55 bits per heavy atom. The molecule has 1 amide bonds. The molecule has 0 saturated heterocycles. The van der Waals surface area contributed by atoms with Crippen LogP contribution in [0.15, 0.2) is 57.6 Å². The second kappa shape index (κ2) is 9.78. The number of furan rings is 1. The minimum atomic E-state index is -0.739. The minimum Gasteiger partial charge on any atom is -0.493 e. The number of esters is 1. The number of amides is 1. The number of rotatable bonds is 8. The van der Waals surface area contributed by atoms with Gasteiger partial charge < -0.3 is 23.4 Å². The molecule has 3 aromatic rings. The summed E-state index contributed by atoms with van der Waals surface area (Å²) in [5, 5.41) is 7.76. The van der Waals surface area contributed by atoms with Gasteiger partial charge in [-0.1, -0.05) is 6.07 Å². The van der Waals surface area contributed by atoms with Gasteiger partial charge in [0.15, 0.2) is 18.1 Å². The Bertz CT molecular complexity index is 1160. The van der Waals surface area contributed by atoms with Gasteiger partial charge in [-0.25, -0.2) is 9.80 Å². The summed E-state index contributed by atoms with van der Waals surface area (Å²) in [6.07, 6.45) is 2.04. The number of hydrogen-bond acceptors (Lipinski definition) is 9. The Kier molecular flexibility index (Phi) is 6.64. The third kappa shape index (κ3) is 4.42. The highest BCUT2D eigenvalue weighted by atomic mass is 32.1. The van der Waals surface area contributed by atoms with Crippen LogP contribution in [-0.4, -0.2) is 50.5 Å². The van der Waals surface area contributed by atoms with Crippen LogP contribution in [0.2, 0.25) is 0 Å².